The summed E-state index contributed by atoms with van der Waals surface area (Å²) in [5.41, 5.74) is 2.02. The number of carbonyl (C=O) groups is 1. The molecule has 0 aliphatic rings. The van der Waals surface area contributed by atoms with Gasteiger partial charge in [-0.3, -0.25) is 4.79 Å². The number of ether oxygens (including phenoxy) is 1. The second kappa shape index (κ2) is 9.33. The molecule has 152 valence electrons. The van der Waals surface area contributed by atoms with E-state index in [0.717, 1.165) is 21.3 Å². The summed E-state index contributed by atoms with van der Waals surface area (Å²) in [6.45, 7) is 6.88. The Hall–Kier alpha value is -3.20. The first kappa shape index (κ1) is 20.5. The van der Waals surface area contributed by atoms with Crippen molar-refractivity contribution in [2.24, 2.45) is 0 Å². The van der Waals surface area contributed by atoms with Crippen LogP contribution in [-0.2, 0) is 6.54 Å². The van der Waals surface area contributed by atoms with Crippen LogP contribution in [0.25, 0.3) is 10.6 Å². The first-order valence-corrected chi connectivity index (χ1v) is 10.1. The van der Waals surface area contributed by atoms with Crippen molar-refractivity contribution in [3.05, 3.63) is 57.5 Å². The molecule has 2 heterocycles. The number of aromatic nitrogens is 3. The van der Waals surface area contributed by atoms with Gasteiger partial charge < -0.3 is 15.4 Å². The fraction of sp³-hybridized carbons (Fsp3) is 0.300. The summed E-state index contributed by atoms with van der Waals surface area (Å²) in [6.07, 6.45) is 0. The van der Waals surface area contributed by atoms with E-state index in [1.807, 2.05) is 20.8 Å². The van der Waals surface area contributed by atoms with Crippen LogP contribution in [0, 0.1) is 13.8 Å². The lowest BCUT2D eigenvalue weighted by Gasteiger charge is -2.10. The van der Waals surface area contributed by atoms with E-state index in [9.17, 15) is 9.59 Å². The quantitative estimate of drug-likeness (QED) is 0.620. The first-order chi connectivity index (χ1) is 14.0. The summed E-state index contributed by atoms with van der Waals surface area (Å²) in [5.74, 6) is 0.746. The van der Waals surface area contributed by atoms with Crippen molar-refractivity contribution in [1.29, 1.82) is 0 Å². The third-order valence-electron chi connectivity index (χ3n) is 4.04. The molecule has 0 fully saturated rings. The van der Waals surface area contributed by atoms with Crippen LogP contribution < -0.4 is 20.9 Å². The van der Waals surface area contributed by atoms with Crippen molar-refractivity contribution in [2.45, 2.75) is 27.3 Å². The van der Waals surface area contributed by atoms with E-state index in [1.54, 1.807) is 30.3 Å². The molecule has 0 atom stereocenters. The minimum Gasteiger partial charge on any atom is -0.494 e. The maximum Gasteiger partial charge on any atom is 0.319 e. The van der Waals surface area contributed by atoms with E-state index in [0.29, 0.717) is 18.0 Å². The van der Waals surface area contributed by atoms with Crippen LogP contribution in [0.2, 0.25) is 0 Å². The maximum absolute atomic E-state index is 12.1. The van der Waals surface area contributed by atoms with Gasteiger partial charge in [0.1, 0.15) is 11.4 Å². The summed E-state index contributed by atoms with van der Waals surface area (Å²) in [4.78, 5) is 29.5. The van der Waals surface area contributed by atoms with Crippen molar-refractivity contribution in [3.63, 3.8) is 0 Å². The molecule has 0 aliphatic carbocycles. The van der Waals surface area contributed by atoms with E-state index in [2.05, 4.69) is 20.7 Å². The molecule has 2 N–H and O–H groups in total. The average molecular weight is 414 g/mol. The third kappa shape index (κ3) is 5.41. The van der Waals surface area contributed by atoms with Crippen molar-refractivity contribution in [2.75, 3.05) is 18.5 Å². The largest absolute Gasteiger partial charge is 0.494 e. The van der Waals surface area contributed by atoms with Gasteiger partial charge in [-0.2, -0.15) is 5.10 Å². The van der Waals surface area contributed by atoms with Gasteiger partial charge in [0.25, 0.3) is 5.56 Å². The van der Waals surface area contributed by atoms with E-state index >= 15 is 0 Å². The first-order valence-electron chi connectivity index (χ1n) is 9.26. The van der Waals surface area contributed by atoms with Crippen LogP contribution in [0.5, 0.6) is 5.75 Å². The Balaban J connectivity index is 1.57. The zero-order valence-electron chi connectivity index (χ0n) is 16.6. The molecule has 0 spiro atoms. The number of nitrogens with one attached hydrogen (secondary N) is 2. The topological polar surface area (TPSA) is 98.1 Å². The Bertz CT molecular complexity index is 1040. The highest BCUT2D eigenvalue weighted by molar-refractivity contribution is 7.15. The molecule has 0 radical (unpaired) electrons. The molecule has 0 bridgehead atoms. The van der Waals surface area contributed by atoms with Gasteiger partial charge in [0.15, 0.2) is 0 Å². The summed E-state index contributed by atoms with van der Waals surface area (Å²) >= 11 is 1.54. The highest BCUT2D eigenvalue weighted by atomic mass is 32.1. The van der Waals surface area contributed by atoms with Gasteiger partial charge >= 0.3 is 6.03 Å². The molecule has 29 heavy (non-hydrogen) atoms. The summed E-state index contributed by atoms with van der Waals surface area (Å²) in [6, 6.07) is 9.93. The summed E-state index contributed by atoms with van der Waals surface area (Å²) < 4.78 is 6.72. The highest BCUT2D eigenvalue weighted by Gasteiger charge is 2.11. The van der Waals surface area contributed by atoms with Crippen molar-refractivity contribution in [3.8, 4) is 16.3 Å². The molecule has 2 amide bonds. The number of anilines is 1. The SMILES string of the molecule is CCOc1ccc(NC(=O)NCCn2nc(-c3sc(C)nc3C)ccc2=O)cc1. The van der Waals surface area contributed by atoms with Gasteiger partial charge in [-0.05, 0) is 51.1 Å². The minimum absolute atomic E-state index is 0.221. The molecule has 0 saturated carbocycles. The normalized spacial score (nSPS) is 10.6. The number of hydrogen-bond donors (Lipinski definition) is 2. The second-order valence-corrected chi connectivity index (χ2v) is 7.47. The van der Waals surface area contributed by atoms with E-state index in [4.69, 9.17) is 4.74 Å². The monoisotopic (exact) mass is 413 g/mol. The number of thiazole rings is 1. The lowest BCUT2D eigenvalue weighted by molar-refractivity contribution is 0.251. The smallest absolute Gasteiger partial charge is 0.319 e. The molecular formula is C20H23N5O3S. The Kier molecular flexibility index (Phi) is 6.61. The Labute approximate surface area is 172 Å². The third-order valence-corrected chi connectivity index (χ3v) is 5.13. The van der Waals surface area contributed by atoms with E-state index in [1.165, 1.54) is 22.1 Å². The molecule has 3 aromatic rings. The molecule has 9 heteroatoms. The number of urea groups is 1. The molecule has 0 unspecified atom stereocenters. The van der Waals surface area contributed by atoms with Crippen LogP contribution in [0.15, 0.2) is 41.2 Å². The standard InChI is InChI=1S/C20H23N5O3S/c1-4-28-16-7-5-15(6-8-16)23-20(27)21-11-12-25-18(26)10-9-17(24-25)19-13(2)22-14(3)29-19/h5-10H,4,11-12H2,1-3H3,(H2,21,23,27). The maximum atomic E-state index is 12.1. The average Bonchev–Trinajstić information content (AvgIpc) is 3.03. The van der Waals surface area contributed by atoms with Crippen molar-refractivity contribution in [1.82, 2.24) is 20.1 Å². The molecule has 8 nitrogen and oxygen atoms in total. The van der Waals surface area contributed by atoms with Crippen LogP contribution in [0.3, 0.4) is 0 Å². The van der Waals surface area contributed by atoms with Gasteiger partial charge in [-0.1, -0.05) is 0 Å². The van der Waals surface area contributed by atoms with Gasteiger partial charge in [0, 0.05) is 18.3 Å². The number of rotatable bonds is 7. The number of amides is 2. The number of benzene rings is 1. The number of hydrogen-bond acceptors (Lipinski definition) is 6. The van der Waals surface area contributed by atoms with Crippen LogP contribution in [0.4, 0.5) is 10.5 Å². The van der Waals surface area contributed by atoms with Crippen molar-refractivity contribution < 1.29 is 9.53 Å². The fourth-order valence-electron chi connectivity index (χ4n) is 2.75. The lowest BCUT2D eigenvalue weighted by atomic mass is 10.3. The van der Waals surface area contributed by atoms with E-state index < -0.39 is 0 Å². The number of aryl methyl sites for hydroxylation is 2. The molecule has 2 aromatic heterocycles. The number of carbonyl (C=O) groups excluding carboxylic acids is 1. The van der Waals surface area contributed by atoms with Gasteiger partial charge in [-0.15, -0.1) is 11.3 Å². The molecule has 0 aliphatic heterocycles. The minimum atomic E-state index is -0.354. The molecular weight excluding hydrogens is 390 g/mol. The predicted molar refractivity (Wildman–Crippen MR) is 114 cm³/mol. The van der Waals surface area contributed by atoms with Gasteiger partial charge in [0.05, 0.1) is 28.7 Å². The van der Waals surface area contributed by atoms with Crippen LogP contribution in [0.1, 0.15) is 17.6 Å². The molecule has 3 rings (SSSR count). The summed E-state index contributed by atoms with van der Waals surface area (Å²) in [7, 11) is 0. The Morgan fingerprint density at radius 2 is 1.93 bits per heavy atom. The van der Waals surface area contributed by atoms with Crippen molar-refractivity contribution >= 4 is 23.1 Å². The zero-order chi connectivity index (χ0) is 20.8. The molecule has 0 saturated heterocycles. The van der Waals surface area contributed by atoms with E-state index in [-0.39, 0.29) is 24.7 Å². The lowest BCUT2D eigenvalue weighted by Crippen LogP contribution is -2.34. The van der Waals surface area contributed by atoms with Gasteiger partial charge in [0.2, 0.25) is 0 Å². The number of nitrogens with zero attached hydrogens (tertiary/aromatic N) is 3. The molecule has 1 aromatic carbocycles. The van der Waals surface area contributed by atoms with Gasteiger partial charge in [-0.25, -0.2) is 14.5 Å². The Morgan fingerprint density at radius 3 is 2.59 bits per heavy atom. The van der Waals surface area contributed by atoms with Crippen LogP contribution >= 0.6 is 11.3 Å². The fourth-order valence-corrected chi connectivity index (χ4v) is 3.64. The predicted octanol–water partition coefficient (Wildman–Crippen LogP) is 3.20. The Morgan fingerprint density at radius 1 is 1.17 bits per heavy atom. The van der Waals surface area contributed by atoms with Crippen LogP contribution in [-0.4, -0.2) is 33.9 Å². The second-order valence-electron chi connectivity index (χ2n) is 6.27. The highest BCUT2D eigenvalue weighted by Crippen LogP contribution is 2.27. The zero-order valence-corrected chi connectivity index (χ0v) is 17.4. The summed E-state index contributed by atoms with van der Waals surface area (Å²) in [5, 5.41) is 10.8.